The van der Waals surface area contributed by atoms with Crippen molar-refractivity contribution in [3.8, 4) is 5.75 Å². The standard InChI is InChI=1S/C18H29NO/c1-14(2)19-11-10-15(3)6-7-16-8-9-18-17(13-16)5-4-12-20-18/h8-9,13-15,19H,4-7,10-12H2,1-3H3. The van der Waals surface area contributed by atoms with Crippen LogP contribution in [0.15, 0.2) is 18.2 Å². The summed E-state index contributed by atoms with van der Waals surface area (Å²) in [5, 5.41) is 3.50. The Morgan fingerprint density at radius 2 is 2.05 bits per heavy atom. The molecule has 1 heterocycles. The van der Waals surface area contributed by atoms with Gasteiger partial charge >= 0.3 is 0 Å². The molecule has 0 aromatic heterocycles. The van der Waals surface area contributed by atoms with Crippen molar-refractivity contribution in [1.29, 1.82) is 0 Å². The average Bonchev–Trinajstić information content (AvgIpc) is 2.44. The first-order chi connectivity index (χ1) is 9.65. The molecule has 2 rings (SSSR count). The highest BCUT2D eigenvalue weighted by Gasteiger charge is 2.11. The van der Waals surface area contributed by atoms with Gasteiger partial charge in [-0.2, -0.15) is 0 Å². The van der Waals surface area contributed by atoms with E-state index in [1.807, 2.05) is 0 Å². The molecule has 0 spiro atoms. The van der Waals surface area contributed by atoms with E-state index in [1.165, 1.54) is 36.8 Å². The van der Waals surface area contributed by atoms with Crippen LogP contribution in [0.5, 0.6) is 5.75 Å². The Hall–Kier alpha value is -1.02. The fourth-order valence-corrected chi connectivity index (χ4v) is 2.75. The van der Waals surface area contributed by atoms with E-state index in [1.54, 1.807) is 0 Å². The molecular weight excluding hydrogens is 246 g/mol. The van der Waals surface area contributed by atoms with Crippen LogP contribution in [0, 0.1) is 5.92 Å². The Labute approximate surface area is 123 Å². The molecule has 1 atom stereocenters. The van der Waals surface area contributed by atoms with Gasteiger partial charge in [-0.25, -0.2) is 0 Å². The van der Waals surface area contributed by atoms with E-state index < -0.39 is 0 Å². The second-order valence-corrected chi connectivity index (χ2v) is 6.44. The van der Waals surface area contributed by atoms with Crippen LogP contribution in [-0.2, 0) is 12.8 Å². The summed E-state index contributed by atoms with van der Waals surface area (Å²) in [7, 11) is 0. The molecule has 1 aromatic rings. The van der Waals surface area contributed by atoms with E-state index in [9.17, 15) is 0 Å². The highest BCUT2D eigenvalue weighted by atomic mass is 16.5. The lowest BCUT2D eigenvalue weighted by atomic mass is 9.96. The number of benzene rings is 1. The number of rotatable bonds is 7. The molecule has 0 saturated carbocycles. The second-order valence-electron chi connectivity index (χ2n) is 6.44. The number of aryl methyl sites for hydroxylation is 2. The smallest absolute Gasteiger partial charge is 0.122 e. The van der Waals surface area contributed by atoms with Gasteiger partial charge in [0.2, 0.25) is 0 Å². The Morgan fingerprint density at radius 3 is 2.85 bits per heavy atom. The van der Waals surface area contributed by atoms with Crippen molar-refractivity contribution in [1.82, 2.24) is 5.32 Å². The quantitative estimate of drug-likeness (QED) is 0.813. The summed E-state index contributed by atoms with van der Waals surface area (Å²) < 4.78 is 5.67. The zero-order valence-electron chi connectivity index (χ0n) is 13.2. The molecule has 1 aliphatic rings. The minimum absolute atomic E-state index is 0.600. The molecule has 1 aromatic carbocycles. The number of hydrogen-bond donors (Lipinski definition) is 1. The first-order valence-corrected chi connectivity index (χ1v) is 8.13. The molecule has 0 bridgehead atoms. The van der Waals surface area contributed by atoms with Crippen molar-refractivity contribution < 1.29 is 4.74 Å². The van der Waals surface area contributed by atoms with Gasteiger partial charge in [0.25, 0.3) is 0 Å². The van der Waals surface area contributed by atoms with Crippen LogP contribution in [0.4, 0.5) is 0 Å². The van der Waals surface area contributed by atoms with Gasteiger partial charge < -0.3 is 10.1 Å². The van der Waals surface area contributed by atoms with Crippen LogP contribution >= 0.6 is 0 Å². The highest BCUT2D eigenvalue weighted by molar-refractivity contribution is 5.38. The Kier molecular flexibility index (Phi) is 5.90. The van der Waals surface area contributed by atoms with Crippen LogP contribution < -0.4 is 10.1 Å². The van der Waals surface area contributed by atoms with Gasteiger partial charge in [0.1, 0.15) is 5.75 Å². The molecule has 112 valence electrons. The second kappa shape index (κ2) is 7.68. The van der Waals surface area contributed by atoms with E-state index in [0.29, 0.717) is 6.04 Å². The van der Waals surface area contributed by atoms with Gasteiger partial charge in [-0.05, 0) is 61.8 Å². The van der Waals surface area contributed by atoms with E-state index in [2.05, 4.69) is 44.3 Å². The van der Waals surface area contributed by atoms with Crippen molar-refractivity contribution in [2.45, 2.75) is 58.9 Å². The summed E-state index contributed by atoms with van der Waals surface area (Å²) in [6.45, 7) is 8.80. The van der Waals surface area contributed by atoms with Crippen molar-refractivity contribution in [3.63, 3.8) is 0 Å². The van der Waals surface area contributed by atoms with Crippen LogP contribution in [-0.4, -0.2) is 19.2 Å². The minimum atomic E-state index is 0.600. The fraction of sp³-hybridized carbons (Fsp3) is 0.667. The molecule has 0 amide bonds. The molecule has 0 saturated heterocycles. The van der Waals surface area contributed by atoms with Gasteiger partial charge in [0, 0.05) is 6.04 Å². The van der Waals surface area contributed by atoms with Crippen LogP contribution in [0.25, 0.3) is 0 Å². The molecule has 1 N–H and O–H groups in total. The van der Waals surface area contributed by atoms with Gasteiger partial charge in [0.15, 0.2) is 0 Å². The topological polar surface area (TPSA) is 21.3 Å². The molecule has 2 heteroatoms. The summed E-state index contributed by atoms with van der Waals surface area (Å²) in [5.41, 5.74) is 2.88. The predicted molar refractivity (Wildman–Crippen MR) is 85.5 cm³/mol. The zero-order chi connectivity index (χ0) is 14.4. The third-order valence-corrected chi connectivity index (χ3v) is 4.09. The fourth-order valence-electron chi connectivity index (χ4n) is 2.75. The maximum atomic E-state index is 5.67. The monoisotopic (exact) mass is 275 g/mol. The number of hydrogen-bond acceptors (Lipinski definition) is 2. The minimum Gasteiger partial charge on any atom is -0.493 e. The molecular formula is C18H29NO. The molecule has 2 nitrogen and oxygen atoms in total. The average molecular weight is 275 g/mol. The maximum Gasteiger partial charge on any atom is 0.122 e. The lowest BCUT2D eigenvalue weighted by Crippen LogP contribution is -2.25. The summed E-state index contributed by atoms with van der Waals surface area (Å²) in [6, 6.07) is 7.36. The molecule has 0 fully saturated rings. The SMILES string of the molecule is CC(CCNC(C)C)CCc1ccc2c(c1)CCCO2. The van der Waals surface area contributed by atoms with Crippen molar-refractivity contribution >= 4 is 0 Å². The van der Waals surface area contributed by atoms with Crippen LogP contribution in [0.1, 0.15) is 51.2 Å². The highest BCUT2D eigenvalue weighted by Crippen LogP contribution is 2.26. The third-order valence-electron chi connectivity index (χ3n) is 4.09. The van der Waals surface area contributed by atoms with E-state index >= 15 is 0 Å². The van der Waals surface area contributed by atoms with Crippen molar-refractivity contribution in [3.05, 3.63) is 29.3 Å². The number of nitrogens with one attached hydrogen (secondary N) is 1. The zero-order valence-corrected chi connectivity index (χ0v) is 13.2. The predicted octanol–water partition coefficient (Wildman–Crippen LogP) is 3.97. The molecule has 20 heavy (non-hydrogen) atoms. The van der Waals surface area contributed by atoms with Gasteiger partial charge in [-0.3, -0.25) is 0 Å². The summed E-state index contributed by atoms with van der Waals surface area (Å²) >= 11 is 0. The summed E-state index contributed by atoms with van der Waals surface area (Å²) in [6.07, 6.45) is 6.08. The number of fused-ring (bicyclic) bond motifs is 1. The van der Waals surface area contributed by atoms with Crippen LogP contribution in [0.2, 0.25) is 0 Å². The van der Waals surface area contributed by atoms with Gasteiger partial charge in [-0.1, -0.05) is 32.9 Å². The van der Waals surface area contributed by atoms with E-state index in [0.717, 1.165) is 31.2 Å². The summed E-state index contributed by atoms with van der Waals surface area (Å²) in [5.74, 6) is 1.89. The first kappa shape index (κ1) is 15.4. The Morgan fingerprint density at radius 1 is 1.20 bits per heavy atom. The van der Waals surface area contributed by atoms with Gasteiger partial charge in [0.05, 0.1) is 6.61 Å². The largest absolute Gasteiger partial charge is 0.493 e. The van der Waals surface area contributed by atoms with E-state index in [-0.39, 0.29) is 0 Å². The van der Waals surface area contributed by atoms with Crippen molar-refractivity contribution in [2.24, 2.45) is 5.92 Å². The van der Waals surface area contributed by atoms with Crippen LogP contribution in [0.3, 0.4) is 0 Å². The van der Waals surface area contributed by atoms with E-state index in [4.69, 9.17) is 4.74 Å². The Bertz CT molecular complexity index is 414. The lowest BCUT2D eigenvalue weighted by molar-refractivity contribution is 0.288. The number of ether oxygens (including phenoxy) is 1. The molecule has 1 aliphatic heterocycles. The summed E-state index contributed by atoms with van der Waals surface area (Å²) in [4.78, 5) is 0. The lowest BCUT2D eigenvalue weighted by Gasteiger charge is -2.18. The van der Waals surface area contributed by atoms with Gasteiger partial charge in [-0.15, -0.1) is 0 Å². The third kappa shape index (κ3) is 4.82. The molecule has 0 radical (unpaired) electrons. The van der Waals surface area contributed by atoms with Crippen molar-refractivity contribution in [2.75, 3.05) is 13.2 Å². The Balaban J connectivity index is 1.76. The molecule has 0 aliphatic carbocycles. The molecule has 1 unspecified atom stereocenters. The first-order valence-electron chi connectivity index (χ1n) is 8.13. The maximum absolute atomic E-state index is 5.67. The normalized spacial score (nSPS) is 15.8.